The Morgan fingerprint density at radius 1 is 1.45 bits per heavy atom. The number of hydrogen-bond acceptors (Lipinski definition) is 5. The van der Waals surface area contributed by atoms with E-state index in [4.69, 9.17) is 10.9 Å². The molecule has 0 saturated carbocycles. The van der Waals surface area contributed by atoms with Crippen molar-refractivity contribution < 1.29 is 5.21 Å². The van der Waals surface area contributed by atoms with Gasteiger partial charge in [-0.05, 0) is 35.8 Å². The molecule has 0 aromatic carbocycles. The fourth-order valence-electron chi connectivity index (χ4n) is 2.41. The molecular formula is C13H21BrN4OS. The lowest BCUT2D eigenvalue weighted by atomic mass is 10.0. The monoisotopic (exact) mass is 360 g/mol. The molecule has 0 radical (unpaired) electrons. The van der Waals surface area contributed by atoms with Crippen LogP contribution in [0.5, 0.6) is 0 Å². The van der Waals surface area contributed by atoms with E-state index >= 15 is 0 Å². The van der Waals surface area contributed by atoms with Gasteiger partial charge in [-0.15, -0.1) is 11.3 Å². The summed E-state index contributed by atoms with van der Waals surface area (Å²) in [6, 6.07) is 2.18. The number of halogens is 1. The van der Waals surface area contributed by atoms with Crippen molar-refractivity contribution in [3.8, 4) is 0 Å². The maximum atomic E-state index is 8.87. The summed E-state index contributed by atoms with van der Waals surface area (Å²) in [7, 11) is 0. The molecule has 1 fully saturated rings. The Balaban J connectivity index is 1.89. The van der Waals surface area contributed by atoms with Crippen LogP contribution in [0.1, 0.15) is 18.7 Å². The van der Waals surface area contributed by atoms with Gasteiger partial charge in [-0.1, -0.05) is 5.16 Å². The van der Waals surface area contributed by atoms with Gasteiger partial charge in [0.1, 0.15) is 0 Å². The first-order valence-electron chi connectivity index (χ1n) is 6.62. The average molecular weight is 361 g/mol. The van der Waals surface area contributed by atoms with Crippen molar-refractivity contribution in [2.75, 3.05) is 26.2 Å². The first-order chi connectivity index (χ1) is 9.43. The predicted octanol–water partition coefficient (Wildman–Crippen LogP) is 2.15. The Hall–Kier alpha value is -0.630. The van der Waals surface area contributed by atoms with Crippen molar-refractivity contribution in [2.24, 2.45) is 10.9 Å². The Bertz CT molecular complexity index is 480. The maximum Gasteiger partial charge on any atom is 0.159 e. The molecule has 3 N–H and O–H groups in total. The Labute approximate surface area is 132 Å². The number of nitrogens with two attached hydrogens (primary N) is 1. The molecule has 2 rings (SSSR count). The van der Waals surface area contributed by atoms with Crippen LogP contribution < -0.4 is 5.73 Å². The van der Waals surface area contributed by atoms with Gasteiger partial charge in [0.15, 0.2) is 5.84 Å². The minimum atomic E-state index is -0.396. The van der Waals surface area contributed by atoms with Gasteiger partial charge in [-0.25, -0.2) is 0 Å². The normalized spacial score (nSPS) is 19.4. The van der Waals surface area contributed by atoms with Crippen LogP contribution in [-0.4, -0.2) is 52.6 Å². The van der Waals surface area contributed by atoms with Gasteiger partial charge in [0, 0.05) is 47.5 Å². The molecule has 0 atom stereocenters. The largest absolute Gasteiger partial charge is 0.409 e. The number of hydrogen-bond donors (Lipinski definition) is 2. The number of rotatable bonds is 4. The second-order valence-electron chi connectivity index (χ2n) is 5.54. The molecule has 5 nitrogen and oxygen atoms in total. The molecule has 112 valence electrons. The van der Waals surface area contributed by atoms with Crippen molar-refractivity contribution >= 4 is 33.1 Å². The highest BCUT2D eigenvalue weighted by Gasteiger charge is 2.33. The van der Waals surface area contributed by atoms with E-state index in [1.54, 1.807) is 11.3 Å². The third-order valence-corrected chi connectivity index (χ3v) is 5.58. The van der Waals surface area contributed by atoms with Gasteiger partial charge < -0.3 is 10.9 Å². The summed E-state index contributed by atoms with van der Waals surface area (Å²) in [5.41, 5.74) is 5.39. The first kappa shape index (κ1) is 15.8. The maximum absolute atomic E-state index is 8.87. The van der Waals surface area contributed by atoms with Crippen molar-refractivity contribution in [2.45, 2.75) is 25.9 Å². The Morgan fingerprint density at radius 2 is 2.10 bits per heavy atom. The van der Waals surface area contributed by atoms with E-state index < -0.39 is 5.54 Å². The minimum Gasteiger partial charge on any atom is -0.409 e. The molecule has 2 heterocycles. The van der Waals surface area contributed by atoms with Gasteiger partial charge in [-0.2, -0.15) is 0 Å². The zero-order valence-corrected chi connectivity index (χ0v) is 14.2. The van der Waals surface area contributed by atoms with Crippen LogP contribution in [0.4, 0.5) is 0 Å². The van der Waals surface area contributed by atoms with Gasteiger partial charge in [-0.3, -0.25) is 9.80 Å². The Kier molecular flexibility index (Phi) is 5.06. The third kappa shape index (κ3) is 3.52. The number of amidine groups is 1. The molecule has 1 aromatic heterocycles. The van der Waals surface area contributed by atoms with E-state index in [0.29, 0.717) is 0 Å². The second-order valence-corrected chi connectivity index (χ2v) is 7.45. The van der Waals surface area contributed by atoms with E-state index in [9.17, 15) is 0 Å². The lowest BCUT2D eigenvalue weighted by Crippen LogP contribution is -2.59. The van der Waals surface area contributed by atoms with Crippen LogP contribution in [-0.2, 0) is 6.54 Å². The van der Waals surface area contributed by atoms with E-state index in [2.05, 4.69) is 42.3 Å². The van der Waals surface area contributed by atoms with Crippen LogP contribution in [0.3, 0.4) is 0 Å². The molecule has 0 bridgehead atoms. The molecule has 1 aliphatic heterocycles. The van der Waals surface area contributed by atoms with Crippen LogP contribution in [0.2, 0.25) is 0 Å². The lowest BCUT2D eigenvalue weighted by Gasteiger charge is -2.43. The van der Waals surface area contributed by atoms with Crippen LogP contribution in [0, 0.1) is 0 Å². The van der Waals surface area contributed by atoms with Crippen LogP contribution in [0.15, 0.2) is 21.1 Å². The van der Waals surface area contributed by atoms with Crippen LogP contribution in [0.25, 0.3) is 0 Å². The summed E-state index contributed by atoms with van der Waals surface area (Å²) in [6.45, 7) is 8.83. The first-order valence-corrected chi connectivity index (χ1v) is 8.29. The molecule has 1 saturated heterocycles. The fourth-order valence-corrected chi connectivity index (χ4v) is 3.90. The van der Waals surface area contributed by atoms with Gasteiger partial charge in [0.2, 0.25) is 0 Å². The lowest BCUT2D eigenvalue weighted by molar-refractivity contribution is 0.0799. The molecule has 20 heavy (non-hydrogen) atoms. The number of nitrogens with zero attached hydrogens (tertiary/aromatic N) is 3. The number of oxime groups is 1. The Morgan fingerprint density at radius 3 is 2.60 bits per heavy atom. The fraction of sp³-hybridized carbons (Fsp3) is 0.615. The van der Waals surface area contributed by atoms with Gasteiger partial charge in [0.05, 0.1) is 5.54 Å². The van der Waals surface area contributed by atoms with Gasteiger partial charge in [0.25, 0.3) is 0 Å². The van der Waals surface area contributed by atoms with E-state index in [0.717, 1.165) is 37.2 Å². The summed E-state index contributed by atoms with van der Waals surface area (Å²) in [4.78, 5) is 6.08. The summed E-state index contributed by atoms with van der Waals surface area (Å²) in [5.74, 6) is 0.271. The van der Waals surface area contributed by atoms with Crippen molar-refractivity contribution in [3.63, 3.8) is 0 Å². The molecule has 1 aromatic rings. The van der Waals surface area contributed by atoms with Crippen LogP contribution >= 0.6 is 27.3 Å². The molecule has 7 heteroatoms. The highest BCUT2D eigenvalue weighted by Crippen LogP contribution is 2.23. The van der Waals surface area contributed by atoms with Crippen molar-refractivity contribution in [3.05, 3.63) is 20.8 Å². The quantitative estimate of drug-likeness (QED) is 0.373. The molecule has 0 amide bonds. The smallest absolute Gasteiger partial charge is 0.159 e. The molecule has 0 spiro atoms. The SMILES string of the molecule is CC(C)(C(N)=NO)N1CCN(Cc2cc(Br)cs2)CC1. The molecule has 0 aliphatic carbocycles. The number of thiophene rings is 1. The minimum absolute atomic E-state index is 0.271. The second kappa shape index (κ2) is 6.43. The topological polar surface area (TPSA) is 65.1 Å². The van der Waals surface area contributed by atoms with Crippen molar-refractivity contribution in [1.82, 2.24) is 9.80 Å². The van der Waals surface area contributed by atoms with E-state index in [1.807, 2.05) is 13.8 Å². The third-order valence-electron chi connectivity index (χ3n) is 3.90. The summed E-state index contributed by atoms with van der Waals surface area (Å²) < 4.78 is 1.16. The highest BCUT2D eigenvalue weighted by atomic mass is 79.9. The molecular weight excluding hydrogens is 340 g/mol. The molecule has 0 unspecified atom stereocenters. The summed E-state index contributed by atoms with van der Waals surface area (Å²) >= 11 is 5.27. The molecule has 1 aliphatic rings. The zero-order chi connectivity index (χ0) is 14.8. The summed E-state index contributed by atoms with van der Waals surface area (Å²) in [6.07, 6.45) is 0. The van der Waals surface area contributed by atoms with E-state index in [1.165, 1.54) is 4.88 Å². The average Bonchev–Trinajstić information content (AvgIpc) is 2.83. The van der Waals surface area contributed by atoms with E-state index in [-0.39, 0.29) is 5.84 Å². The standard InChI is InChI=1S/C13H21BrN4OS/c1-13(2,12(15)16-19)18-5-3-17(4-6-18)8-11-7-10(14)9-20-11/h7,9,19H,3-6,8H2,1-2H3,(H2,15,16). The number of piperazine rings is 1. The zero-order valence-electron chi connectivity index (χ0n) is 11.8. The summed E-state index contributed by atoms with van der Waals surface area (Å²) in [5, 5.41) is 14.2. The highest BCUT2D eigenvalue weighted by molar-refractivity contribution is 9.10. The predicted molar refractivity (Wildman–Crippen MR) is 86.4 cm³/mol. The van der Waals surface area contributed by atoms with Crippen molar-refractivity contribution in [1.29, 1.82) is 0 Å². The van der Waals surface area contributed by atoms with Gasteiger partial charge >= 0.3 is 0 Å².